The predicted octanol–water partition coefficient (Wildman–Crippen LogP) is 2.68. The van der Waals surface area contributed by atoms with Crippen LogP contribution < -0.4 is 5.32 Å². The first kappa shape index (κ1) is 13.0. The molecular formula is C13H27NO. The van der Waals surface area contributed by atoms with Crippen molar-refractivity contribution in [3.63, 3.8) is 0 Å². The van der Waals surface area contributed by atoms with Gasteiger partial charge in [0.1, 0.15) is 0 Å². The first-order valence-electron chi connectivity index (χ1n) is 6.35. The van der Waals surface area contributed by atoms with Crippen molar-refractivity contribution in [1.82, 2.24) is 5.32 Å². The minimum atomic E-state index is 0.390. The maximum atomic E-state index is 5.92. The summed E-state index contributed by atoms with van der Waals surface area (Å²) in [5.41, 5.74) is 0. The van der Waals surface area contributed by atoms with Crippen LogP contribution in [0.2, 0.25) is 0 Å². The second-order valence-corrected chi connectivity index (χ2v) is 5.18. The lowest BCUT2D eigenvalue weighted by Gasteiger charge is -2.33. The molecule has 2 nitrogen and oxygen atoms in total. The summed E-state index contributed by atoms with van der Waals surface area (Å²) in [4.78, 5) is 0. The molecular weight excluding hydrogens is 186 g/mol. The molecule has 0 spiro atoms. The zero-order valence-electron chi connectivity index (χ0n) is 11.1. The molecule has 0 aromatic rings. The zero-order chi connectivity index (χ0) is 11.6. The fourth-order valence-corrected chi connectivity index (χ4v) is 3.02. The van der Waals surface area contributed by atoms with Crippen molar-refractivity contribution >= 4 is 0 Å². The lowest BCUT2D eigenvalue weighted by molar-refractivity contribution is 0.0452. The molecule has 6 atom stereocenters. The maximum absolute atomic E-state index is 5.92. The molecule has 1 fully saturated rings. The first-order valence-corrected chi connectivity index (χ1v) is 6.35. The van der Waals surface area contributed by atoms with Crippen LogP contribution in [-0.2, 0) is 4.74 Å². The van der Waals surface area contributed by atoms with E-state index in [0.717, 1.165) is 5.92 Å². The fourth-order valence-electron chi connectivity index (χ4n) is 3.02. The quantitative estimate of drug-likeness (QED) is 0.775. The number of hydrogen-bond donors (Lipinski definition) is 1. The Kier molecular flexibility index (Phi) is 4.60. The van der Waals surface area contributed by atoms with Crippen LogP contribution in [0.15, 0.2) is 0 Å². The molecule has 0 aromatic carbocycles. The van der Waals surface area contributed by atoms with Gasteiger partial charge in [-0.3, -0.25) is 0 Å². The van der Waals surface area contributed by atoms with Crippen molar-refractivity contribution in [2.24, 2.45) is 17.8 Å². The summed E-state index contributed by atoms with van der Waals surface area (Å²) in [5, 5.41) is 3.50. The van der Waals surface area contributed by atoms with Crippen LogP contribution in [0.25, 0.3) is 0 Å². The molecule has 90 valence electrons. The van der Waals surface area contributed by atoms with Crippen molar-refractivity contribution < 1.29 is 4.74 Å². The standard InChI is InChI=1S/C13H27NO/c1-7-8(2)13(14-6)12-9(3)10(4)15-11(12)5/h8-14H,7H2,1-6H3. The lowest BCUT2D eigenvalue weighted by Crippen LogP contribution is -2.44. The van der Waals surface area contributed by atoms with E-state index >= 15 is 0 Å². The summed E-state index contributed by atoms with van der Waals surface area (Å²) in [6, 6.07) is 0.588. The Labute approximate surface area is 94.8 Å². The van der Waals surface area contributed by atoms with Crippen molar-refractivity contribution in [2.75, 3.05) is 7.05 Å². The van der Waals surface area contributed by atoms with Gasteiger partial charge in [-0.1, -0.05) is 27.2 Å². The van der Waals surface area contributed by atoms with E-state index in [0.29, 0.717) is 30.1 Å². The van der Waals surface area contributed by atoms with Gasteiger partial charge in [0.15, 0.2) is 0 Å². The van der Waals surface area contributed by atoms with Gasteiger partial charge in [-0.25, -0.2) is 0 Å². The molecule has 2 heteroatoms. The predicted molar refractivity (Wildman–Crippen MR) is 65.0 cm³/mol. The highest BCUT2D eigenvalue weighted by molar-refractivity contribution is 4.92. The highest BCUT2D eigenvalue weighted by Gasteiger charge is 2.42. The van der Waals surface area contributed by atoms with Gasteiger partial charge < -0.3 is 10.1 Å². The highest BCUT2D eigenvalue weighted by atomic mass is 16.5. The molecule has 1 aliphatic heterocycles. The third-order valence-corrected chi connectivity index (χ3v) is 4.32. The maximum Gasteiger partial charge on any atom is 0.0597 e. The minimum Gasteiger partial charge on any atom is -0.375 e. The van der Waals surface area contributed by atoms with Gasteiger partial charge in [-0.15, -0.1) is 0 Å². The largest absolute Gasteiger partial charge is 0.375 e. The van der Waals surface area contributed by atoms with Gasteiger partial charge in [-0.05, 0) is 32.7 Å². The van der Waals surface area contributed by atoms with E-state index < -0.39 is 0 Å². The van der Waals surface area contributed by atoms with E-state index in [2.05, 4.69) is 47.0 Å². The molecule has 0 aliphatic carbocycles. The summed E-state index contributed by atoms with van der Waals surface area (Å²) in [6.45, 7) is 11.3. The molecule has 0 saturated carbocycles. The van der Waals surface area contributed by atoms with E-state index in [1.807, 2.05) is 0 Å². The van der Waals surface area contributed by atoms with Crippen molar-refractivity contribution in [1.29, 1.82) is 0 Å². The van der Waals surface area contributed by atoms with Crippen LogP contribution in [0.5, 0.6) is 0 Å². The van der Waals surface area contributed by atoms with E-state index in [-0.39, 0.29) is 0 Å². The SMILES string of the molecule is CCC(C)C(NC)C1C(C)OC(C)C1C. The van der Waals surface area contributed by atoms with Crippen LogP contribution >= 0.6 is 0 Å². The summed E-state index contributed by atoms with van der Waals surface area (Å²) in [5.74, 6) is 2.03. The number of nitrogens with one attached hydrogen (secondary N) is 1. The summed E-state index contributed by atoms with van der Waals surface area (Å²) >= 11 is 0. The molecule has 1 rings (SSSR count). The van der Waals surface area contributed by atoms with Crippen molar-refractivity contribution in [3.8, 4) is 0 Å². The number of ether oxygens (including phenoxy) is 1. The van der Waals surface area contributed by atoms with E-state index in [1.54, 1.807) is 0 Å². The normalized spacial score (nSPS) is 40.4. The lowest BCUT2D eigenvalue weighted by atomic mass is 9.78. The Morgan fingerprint density at radius 1 is 1.20 bits per heavy atom. The third kappa shape index (κ3) is 2.54. The smallest absolute Gasteiger partial charge is 0.0597 e. The summed E-state index contributed by atoms with van der Waals surface area (Å²) < 4.78 is 5.92. The molecule has 1 N–H and O–H groups in total. The highest BCUT2D eigenvalue weighted by Crippen LogP contribution is 2.37. The molecule has 0 amide bonds. The molecule has 0 radical (unpaired) electrons. The molecule has 0 aromatic heterocycles. The summed E-state index contributed by atoms with van der Waals surface area (Å²) in [7, 11) is 2.08. The van der Waals surface area contributed by atoms with Crippen LogP contribution in [0, 0.1) is 17.8 Å². The second-order valence-electron chi connectivity index (χ2n) is 5.18. The molecule has 0 bridgehead atoms. The topological polar surface area (TPSA) is 21.3 Å². The Bertz CT molecular complexity index is 195. The van der Waals surface area contributed by atoms with Gasteiger partial charge in [-0.2, -0.15) is 0 Å². The minimum absolute atomic E-state index is 0.390. The average molecular weight is 213 g/mol. The van der Waals surface area contributed by atoms with Gasteiger partial charge in [0, 0.05) is 12.0 Å². The van der Waals surface area contributed by atoms with E-state index in [4.69, 9.17) is 4.74 Å². The van der Waals surface area contributed by atoms with E-state index in [1.165, 1.54) is 6.42 Å². The van der Waals surface area contributed by atoms with Crippen LogP contribution in [-0.4, -0.2) is 25.3 Å². The zero-order valence-corrected chi connectivity index (χ0v) is 11.1. The van der Waals surface area contributed by atoms with Gasteiger partial charge in [0.05, 0.1) is 12.2 Å². The second kappa shape index (κ2) is 5.31. The monoisotopic (exact) mass is 213 g/mol. The Morgan fingerprint density at radius 3 is 2.13 bits per heavy atom. The van der Waals surface area contributed by atoms with Gasteiger partial charge in [0.25, 0.3) is 0 Å². The van der Waals surface area contributed by atoms with E-state index in [9.17, 15) is 0 Å². The van der Waals surface area contributed by atoms with Crippen molar-refractivity contribution in [2.45, 2.75) is 59.3 Å². The molecule has 15 heavy (non-hydrogen) atoms. The van der Waals surface area contributed by atoms with Crippen LogP contribution in [0.1, 0.15) is 41.0 Å². The van der Waals surface area contributed by atoms with Crippen molar-refractivity contribution in [3.05, 3.63) is 0 Å². The third-order valence-electron chi connectivity index (χ3n) is 4.32. The van der Waals surface area contributed by atoms with Gasteiger partial charge >= 0.3 is 0 Å². The Balaban J connectivity index is 2.75. The molecule has 1 saturated heterocycles. The Morgan fingerprint density at radius 2 is 1.80 bits per heavy atom. The van der Waals surface area contributed by atoms with Gasteiger partial charge in [0.2, 0.25) is 0 Å². The van der Waals surface area contributed by atoms with Crippen LogP contribution in [0.3, 0.4) is 0 Å². The first-order chi connectivity index (χ1) is 7.02. The fraction of sp³-hybridized carbons (Fsp3) is 1.00. The molecule has 1 heterocycles. The number of rotatable bonds is 4. The van der Waals surface area contributed by atoms with Crippen LogP contribution in [0.4, 0.5) is 0 Å². The molecule has 6 unspecified atom stereocenters. The Hall–Kier alpha value is -0.0800. The summed E-state index contributed by atoms with van der Waals surface area (Å²) in [6.07, 6.45) is 2.03. The molecule has 1 aliphatic rings. The average Bonchev–Trinajstić information content (AvgIpc) is 2.45. The number of hydrogen-bond acceptors (Lipinski definition) is 2.